The highest BCUT2D eigenvalue weighted by molar-refractivity contribution is 7.16. The first-order chi connectivity index (χ1) is 14.7. The highest BCUT2D eigenvalue weighted by atomic mass is 32.1. The lowest BCUT2D eigenvalue weighted by Gasteiger charge is -2.33. The fraction of sp³-hybridized carbons (Fsp3) is 0.545. The van der Waals surface area contributed by atoms with Crippen LogP contribution in [-0.2, 0) is 16.0 Å². The smallest absolute Gasteiger partial charge is 0.251 e. The zero-order chi connectivity index (χ0) is 20.5. The molecular weight excluding hydrogens is 405 g/mol. The zero-order valence-corrected chi connectivity index (χ0v) is 17.7. The first kappa shape index (κ1) is 19.8. The standard InChI is InChI=1S/C22H26FN3O3S/c23-15-3-4-17-16(12-15)20-19(7-11-29-17)30-22(25-20)24-13-14-5-8-26(9-6-14)21(27)18-2-1-10-28-18/h3-4,12,14,18H,1-2,5-11,13H2,(H,24,25)/t18-/m1/s1. The van der Waals surface area contributed by atoms with Crippen LogP contribution < -0.4 is 10.1 Å². The van der Waals surface area contributed by atoms with Crippen LogP contribution in [0.1, 0.15) is 30.6 Å². The Balaban J connectivity index is 1.19. The molecule has 1 atom stereocenters. The Morgan fingerprint density at radius 3 is 2.93 bits per heavy atom. The third-order valence-electron chi connectivity index (χ3n) is 6.15. The van der Waals surface area contributed by atoms with E-state index in [1.165, 1.54) is 12.1 Å². The number of thiazole rings is 1. The number of amides is 1. The molecule has 0 aliphatic carbocycles. The number of carbonyl (C=O) groups excluding carboxylic acids is 1. The molecule has 2 fully saturated rings. The van der Waals surface area contributed by atoms with Crippen LogP contribution in [-0.4, -0.2) is 54.7 Å². The van der Waals surface area contributed by atoms with Gasteiger partial charge in [-0.1, -0.05) is 0 Å². The highest BCUT2D eigenvalue weighted by Crippen LogP contribution is 2.39. The van der Waals surface area contributed by atoms with E-state index >= 15 is 0 Å². The zero-order valence-electron chi connectivity index (χ0n) is 16.9. The van der Waals surface area contributed by atoms with Gasteiger partial charge in [0.2, 0.25) is 0 Å². The maximum absolute atomic E-state index is 13.8. The Morgan fingerprint density at radius 1 is 1.27 bits per heavy atom. The van der Waals surface area contributed by atoms with E-state index in [0.29, 0.717) is 24.9 Å². The average Bonchev–Trinajstić information content (AvgIpc) is 3.41. The summed E-state index contributed by atoms with van der Waals surface area (Å²) < 4.78 is 25.1. The number of anilines is 1. The number of likely N-dealkylation sites (tertiary alicyclic amines) is 1. The molecule has 30 heavy (non-hydrogen) atoms. The summed E-state index contributed by atoms with van der Waals surface area (Å²) in [6.45, 7) is 3.70. The molecule has 2 saturated heterocycles. The summed E-state index contributed by atoms with van der Waals surface area (Å²) in [6.07, 6.45) is 4.36. The van der Waals surface area contributed by atoms with E-state index in [1.54, 1.807) is 17.4 Å². The Labute approximate surface area is 179 Å². The minimum Gasteiger partial charge on any atom is -0.493 e. The van der Waals surface area contributed by atoms with Crippen LogP contribution in [0.4, 0.5) is 9.52 Å². The predicted octanol–water partition coefficient (Wildman–Crippen LogP) is 3.71. The minimum absolute atomic E-state index is 0.163. The van der Waals surface area contributed by atoms with Gasteiger partial charge in [-0.15, -0.1) is 11.3 Å². The predicted molar refractivity (Wildman–Crippen MR) is 113 cm³/mol. The van der Waals surface area contributed by atoms with Gasteiger partial charge in [-0.2, -0.15) is 0 Å². The maximum atomic E-state index is 13.8. The summed E-state index contributed by atoms with van der Waals surface area (Å²) in [6, 6.07) is 4.60. The Bertz CT molecular complexity index is 920. The number of hydrogen-bond acceptors (Lipinski definition) is 6. The van der Waals surface area contributed by atoms with Crippen LogP contribution in [0.25, 0.3) is 11.3 Å². The normalized spacial score (nSPS) is 21.5. The topological polar surface area (TPSA) is 63.7 Å². The van der Waals surface area contributed by atoms with Crippen molar-refractivity contribution < 1.29 is 18.7 Å². The lowest BCUT2D eigenvalue weighted by molar-refractivity contribution is -0.142. The Hall–Kier alpha value is -2.19. The number of piperidine rings is 1. The van der Waals surface area contributed by atoms with Gasteiger partial charge in [0.15, 0.2) is 5.13 Å². The van der Waals surface area contributed by atoms with Gasteiger partial charge in [-0.05, 0) is 49.8 Å². The molecule has 0 spiro atoms. The van der Waals surface area contributed by atoms with E-state index < -0.39 is 0 Å². The minimum atomic E-state index is -0.281. The van der Waals surface area contributed by atoms with Crippen molar-refractivity contribution in [3.8, 4) is 17.0 Å². The molecule has 0 radical (unpaired) electrons. The number of benzene rings is 1. The molecule has 8 heteroatoms. The Morgan fingerprint density at radius 2 is 2.13 bits per heavy atom. The van der Waals surface area contributed by atoms with E-state index in [-0.39, 0.29) is 17.8 Å². The number of hydrogen-bond donors (Lipinski definition) is 1. The molecule has 6 nitrogen and oxygen atoms in total. The summed E-state index contributed by atoms with van der Waals surface area (Å²) in [5.74, 6) is 1.08. The number of carbonyl (C=O) groups is 1. The number of rotatable bonds is 4. The fourth-order valence-electron chi connectivity index (χ4n) is 4.44. The van der Waals surface area contributed by atoms with E-state index in [1.807, 2.05) is 4.90 Å². The third-order valence-corrected chi connectivity index (χ3v) is 7.23. The van der Waals surface area contributed by atoms with Gasteiger partial charge in [-0.3, -0.25) is 4.79 Å². The SMILES string of the molecule is O=C([C@H]1CCCO1)N1CCC(CNc2nc3c(s2)CCOc2ccc(F)cc2-3)CC1. The monoisotopic (exact) mass is 431 g/mol. The van der Waals surface area contributed by atoms with E-state index in [2.05, 4.69) is 5.32 Å². The third kappa shape index (κ3) is 4.03. The molecule has 3 aliphatic rings. The number of ether oxygens (including phenoxy) is 2. The van der Waals surface area contributed by atoms with Crippen LogP contribution in [0.15, 0.2) is 18.2 Å². The van der Waals surface area contributed by atoms with Crippen molar-refractivity contribution in [3.63, 3.8) is 0 Å². The van der Waals surface area contributed by atoms with Crippen LogP contribution in [0.5, 0.6) is 5.75 Å². The average molecular weight is 432 g/mol. The van der Waals surface area contributed by atoms with E-state index in [9.17, 15) is 9.18 Å². The Kier molecular flexibility index (Phi) is 5.60. The van der Waals surface area contributed by atoms with Crippen LogP contribution in [0, 0.1) is 11.7 Å². The summed E-state index contributed by atoms with van der Waals surface area (Å²) >= 11 is 1.62. The number of fused-ring (bicyclic) bond motifs is 3. The number of nitrogens with one attached hydrogen (secondary N) is 1. The maximum Gasteiger partial charge on any atom is 0.251 e. The van der Waals surface area contributed by atoms with Crippen molar-refractivity contribution in [3.05, 3.63) is 28.9 Å². The van der Waals surface area contributed by atoms with Crippen molar-refractivity contribution in [2.45, 2.75) is 38.2 Å². The van der Waals surface area contributed by atoms with E-state index in [4.69, 9.17) is 14.5 Å². The van der Waals surface area contributed by atoms with E-state index in [0.717, 1.165) is 73.0 Å². The molecule has 1 amide bonds. The summed E-state index contributed by atoms with van der Waals surface area (Å²) in [4.78, 5) is 20.3. The molecule has 5 rings (SSSR count). The van der Waals surface area contributed by atoms with Gasteiger partial charge >= 0.3 is 0 Å². The number of aromatic nitrogens is 1. The molecule has 3 aliphatic heterocycles. The molecule has 0 bridgehead atoms. The fourth-order valence-corrected chi connectivity index (χ4v) is 5.40. The van der Waals surface area contributed by atoms with Crippen molar-refractivity contribution in [2.75, 3.05) is 38.2 Å². The van der Waals surface area contributed by atoms with Crippen LogP contribution in [0.3, 0.4) is 0 Å². The summed E-state index contributed by atoms with van der Waals surface area (Å²) in [5, 5.41) is 4.35. The van der Waals surface area contributed by atoms with Crippen molar-refractivity contribution >= 4 is 22.4 Å². The molecule has 2 aromatic rings. The molecule has 0 unspecified atom stereocenters. The summed E-state index contributed by atoms with van der Waals surface area (Å²) in [7, 11) is 0. The molecule has 0 saturated carbocycles. The van der Waals surface area contributed by atoms with Crippen molar-refractivity contribution in [2.24, 2.45) is 5.92 Å². The van der Waals surface area contributed by atoms with Gasteiger partial charge in [0.05, 0.1) is 12.3 Å². The first-order valence-electron chi connectivity index (χ1n) is 10.7. The molecule has 160 valence electrons. The lowest BCUT2D eigenvalue weighted by Crippen LogP contribution is -2.44. The molecular formula is C22H26FN3O3S. The lowest BCUT2D eigenvalue weighted by atomic mass is 9.96. The van der Waals surface area contributed by atoms with Crippen LogP contribution >= 0.6 is 11.3 Å². The van der Waals surface area contributed by atoms with Crippen LogP contribution in [0.2, 0.25) is 0 Å². The largest absolute Gasteiger partial charge is 0.493 e. The molecule has 4 heterocycles. The number of halogens is 1. The molecule has 1 N–H and O–H groups in total. The molecule has 1 aromatic carbocycles. The highest BCUT2D eigenvalue weighted by Gasteiger charge is 2.31. The summed E-state index contributed by atoms with van der Waals surface area (Å²) in [5.41, 5.74) is 1.55. The van der Waals surface area contributed by atoms with Crippen molar-refractivity contribution in [1.29, 1.82) is 0 Å². The quantitative estimate of drug-likeness (QED) is 0.800. The number of nitrogens with zero attached hydrogens (tertiary/aromatic N) is 2. The van der Waals surface area contributed by atoms with Gasteiger partial charge in [-0.25, -0.2) is 9.37 Å². The second kappa shape index (κ2) is 8.51. The van der Waals surface area contributed by atoms with Gasteiger partial charge < -0.3 is 19.7 Å². The van der Waals surface area contributed by atoms with Gasteiger partial charge in [0.1, 0.15) is 17.7 Å². The van der Waals surface area contributed by atoms with Gasteiger partial charge in [0.25, 0.3) is 5.91 Å². The van der Waals surface area contributed by atoms with Gasteiger partial charge in [0, 0.05) is 43.1 Å². The van der Waals surface area contributed by atoms with Crippen molar-refractivity contribution in [1.82, 2.24) is 9.88 Å². The second-order valence-corrected chi connectivity index (χ2v) is 9.26. The first-order valence-corrected chi connectivity index (χ1v) is 11.6. The second-order valence-electron chi connectivity index (χ2n) is 8.18. The molecule has 1 aromatic heterocycles.